The molecule has 1 N–H and O–H groups in total. The molecule has 0 fully saturated rings. The minimum atomic E-state index is -0.999. The molecule has 1 rings (SSSR count). The average molecular weight is 178 g/mol. The molecule has 1 aromatic rings. The van der Waals surface area contributed by atoms with Gasteiger partial charge in [0.05, 0.1) is 6.26 Å². The number of rotatable bonds is 3. The second-order valence-corrected chi connectivity index (χ2v) is 2.59. The van der Waals surface area contributed by atoms with Gasteiger partial charge in [0.1, 0.15) is 11.3 Å². The van der Waals surface area contributed by atoms with Gasteiger partial charge in [-0.05, 0) is 19.1 Å². The van der Waals surface area contributed by atoms with Crippen LogP contribution in [0.25, 0.3) is 0 Å². The molecule has 3 nitrogen and oxygen atoms in total. The first-order valence-corrected chi connectivity index (χ1v) is 3.76. The van der Waals surface area contributed by atoms with Crippen molar-refractivity contribution in [3.05, 3.63) is 42.2 Å². The predicted octanol–water partition coefficient (Wildman–Crippen LogP) is 2.22. The fraction of sp³-hybridized carbons (Fsp3) is 0.100. The third-order valence-electron chi connectivity index (χ3n) is 1.58. The SMILES string of the molecule is C=COc1ccc(C)cc1C(=O)O. The van der Waals surface area contributed by atoms with Crippen LogP contribution in [0.2, 0.25) is 0 Å². The zero-order valence-corrected chi connectivity index (χ0v) is 7.28. The summed E-state index contributed by atoms with van der Waals surface area (Å²) >= 11 is 0. The Morgan fingerprint density at radius 2 is 2.31 bits per heavy atom. The van der Waals surface area contributed by atoms with Gasteiger partial charge >= 0.3 is 5.97 Å². The van der Waals surface area contributed by atoms with E-state index in [0.717, 1.165) is 5.56 Å². The Kier molecular flexibility index (Phi) is 2.69. The molecule has 3 heteroatoms. The van der Waals surface area contributed by atoms with Crippen LogP contribution in [0.1, 0.15) is 15.9 Å². The molecule has 0 bridgehead atoms. The second kappa shape index (κ2) is 3.76. The third-order valence-corrected chi connectivity index (χ3v) is 1.58. The van der Waals surface area contributed by atoms with Gasteiger partial charge in [0, 0.05) is 0 Å². The van der Waals surface area contributed by atoms with Crippen molar-refractivity contribution in [3.63, 3.8) is 0 Å². The first-order valence-electron chi connectivity index (χ1n) is 3.76. The average Bonchev–Trinajstić information content (AvgIpc) is 2.08. The summed E-state index contributed by atoms with van der Waals surface area (Å²) in [5.74, 6) is -0.686. The van der Waals surface area contributed by atoms with Crippen LogP contribution in [-0.4, -0.2) is 11.1 Å². The molecule has 68 valence electrons. The van der Waals surface area contributed by atoms with E-state index in [9.17, 15) is 4.79 Å². The predicted molar refractivity (Wildman–Crippen MR) is 49.0 cm³/mol. The van der Waals surface area contributed by atoms with Gasteiger partial charge in [-0.2, -0.15) is 0 Å². The van der Waals surface area contributed by atoms with Gasteiger partial charge in [0.15, 0.2) is 0 Å². The number of benzene rings is 1. The van der Waals surface area contributed by atoms with Crippen LogP contribution in [0.3, 0.4) is 0 Å². The van der Waals surface area contributed by atoms with E-state index in [-0.39, 0.29) is 5.56 Å². The van der Waals surface area contributed by atoms with Gasteiger partial charge in [-0.1, -0.05) is 18.2 Å². The largest absolute Gasteiger partial charge is 0.478 e. The summed E-state index contributed by atoms with van der Waals surface area (Å²) in [7, 11) is 0. The molecule has 1 aromatic carbocycles. The Morgan fingerprint density at radius 1 is 1.62 bits per heavy atom. The minimum Gasteiger partial charge on any atom is -0.478 e. The van der Waals surface area contributed by atoms with Crippen molar-refractivity contribution in [1.82, 2.24) is 0 Å². The van der Waals surface area contributed by atoms with Crippen LogP contribution >= 0.6 is 0 Å². The molecule has 0 atom stereocenters. The number of carboxylic acid groups (broad SMARTS) is 1. The lowest BCUT2D eigenvalue weighted by atomic mass is 10.1. The number of aromatic carboxylic acids is 1. The summed E-state index contributed by atoms with van der Waals surface area (Å²) in [6.07, 6.45) is 1.21. The number of ether oxygens (including phenoxy) is 1. The van der Waals surface area contributed by atoms with Crippen LogP contribution in [0.5, 0.6) is 5.75 Å². The maximum Gasteiger partial charge on any atom is 0.339 e. The fourth-order valence-corrected chi connectivity index (χ4v) is 1.00. The molecule has 0 aliphatic heterocycles. The van der Waals surface area contributed by atoms with Gasteiger partial charge in [0.2, 0.25) is 0 Å². The summed E-state index contributed by atoms with van der Waals surface area (Å²) in [5, 5.41) is 8.80. The number of hydrogen-bond acceptors (Lipinski definition) is 2. The summed E-state index contributed by atoms with van der Waals surface area (Å²) in [4.78, 5) is 10.7. The number of aryl methyl sites for hydroxylation is 1. The quantitative estimate of drug-likeness (QED) is 0.722. The highest BCUT2D eigenvalue weighted by molar-refractivity contribution is 5.91. The molecule has 13 heavy (non-hydrogen) atoms. The first kappa shape index (κ1) is 9.32. The lowest BCUT2D eigenvalue weighted by Crippen LogP contribution is -2.00. The normalized spacial score (nSPS) is 9.31. The molecule has 0 aliphatic carbocycles. The van der Waals surface area contributed by atoms with E-state index < -0.39 is 5.97 Å². The highest BCUT2D eigenvalue weighted by Crippen LogP contribution is 2.19. The van der Waals surface area contributed by atoms with Crippen LogP contribution in [0.15, 0.2) is 31.0 Å². The van der Waals surface area contributed by atoms with E-state index in [1.54, 1.807) is 18.2 Å². The Bertz CT molecular complexity index is 342. The summed E-state index contributed by atoms with van der Waals surface area (Å²) in [5.41, 5.74) is 1.04. The molecule has 0 aliphatic rings. The van der Waals surface area contributed by atoms with E-state index >= 15 is 0 Å². The van der Waals surface area contributed by atoms with Gasteiger partial charge in [-0.3, -0.25) is 0 Å². The van der Waals surface area contributed by atoms with E-state index in [1.165, 1.54) is 6.26 Å². The second-order valence-electron chi connectivity index (χ2n) is 2.59. The molecule has 0 saturated heterocycles. The van der Waals surface area contributed by atoms with Crippen molar-refractivity contribution < 1.29 is 14.6 Å². The summed E-state index contributed by atoms with van der Waals surface area (Å²) in [6, 6.07) is 4.95. The van der Waals surface area contributed by atoms with Crippen LogP contribution < -0.4 is 4.74 Å². The Hall–Kier alpha value is -1.77. The van der Waals surface area contributed by atoms with E-state index in [4.69, 9.17) is 9.84 Å². The van der Waals surface area contributed by atoms with Crippen molar-refractivity contribution in [3.8, 4) is 5.75 Å². The highest BCUT2D eigenvalue weighted by atomic mass is 16.5. The smallest absolute Gasteiger partial charge is 0.339 e. The highest BCUT2D eigenvalue weighted by Gasteiger charge is 2.10. The van der Waals surface area contributed by atoms with Crippen molar-refractivity contribution in [1.29, 1.82) is 0 Å². The van der Waals surface area contributed by atoms with Crippen molar-refractivity contribution >= 4 is 5.97 Å². The summed E-state index contributed by atoms with van der Waals surface area (Å²) in [6.45, 7) is 5.19. The lowest BCUT2D eigenvalue weighted by Gasteiger charge is -2.04. The Balaban J connectivity index is 3.17. The molecule has 0 heterocycles. The third kappa shape index (κ3) is 2.08. The van der Waals surface area contributed by atoms with E-state index in [0.29, 0.717) is 5.75 Å². The maximum atomic E-state index is 10.7. The molecule has 0 unspecified atom stereocenters. The van der Waals surface area contributed by atoms with Gasteiger partial charge < -0.3 is 9.84 Å². The van der Waals surface area contributed by atoms with Crippen molar-refractivity contribution in [2.24, 2.45) is 0 Å². The topological polar surface area (TPSA) is 46.5 Å². The Labute approximate surface area is 76.3 Å². The maximum absolute atomic E-state index is 10.7. The standard InChI is InChI=1S/C10H10O3/c1-3-13-9-5-4-7(2)6-8(9)10(11)12/h3-6H,1H2,2H3,(H,11,12). The molecule has 0 saturated carbocycles. The van der Waals surface area contributed by atoms with Crippen LogP contribution in [0, 0.1) is 6.92 Å². The fourth-order valence-electron chi connectivity index (χ4n) is 1.00. The minimum absolute atomic E-state index is 0.153. The van der Waals surface area contributed by atoms with Gasteiger partial charge in [0.25, 0.3) is 0 Å². The zero-order chi connectivity index (χ0) is 9.84. The van der Waals surface area contributed by atoms with Crippen molar-refractivity contribution in [2.45, 2.75) is 6.92 Å². The van der Waals surface area contributed by atoms with Crippen LogP contribution in [0.4, 0.5) is 0 Å². The molecule has 0 aromatic heterocycles. The Morgan fingerprint density at radius 3 is 2.85 bits per heavy atom. The zero-order valence-electron chi connectivity index (χ0n) is 7.28. The van der Waals surface area contributed by atoms with Crippen molar-refractivity contribution in [2.75, 3.05) is 0 Å². The van der Waals surface area contributed by atoms with E-state index in [1.807, 2.05) is 6.92 Å². The number of carboxylic acids is 1. The van der Waals surface area contributed by atoms with Gasteiger partial charge in [-0.15, -0.1) is 0 Å². The van der Waals surface area contributed by atoms with Gasteiger partial charge in [-0.25, -0.2) is 4.79 Å². The molecule has 0 spiro atoms. The lowest BCUT2D eigenvalue weighted by molar-refractivity contribution is 0.0694. The van der Waals surface area contributed by atoms with Crippen LogP contribution in [-0.2, 0) is 0 Å². The first-order chi connectivity index (χ1) is 6.15. The number of carbonyl (C=O) groups is 1. The molecular formula is C10H10O3. The van der Waals surface area contributed by atoms with E-state index in [2.05, 4.69) is 6.58 Å². The molecule has 0 radical (unpaired) electrons. The molecule has 0 amide bonds. The monoisotopic (exact) mass is 178 g/mol. The molecular weight excluding hydrogens is 168 g/mol. The summed E-state index contributed by atoms with van der Waals surface area (Å²) < 4.78 is 4.94. The number of hydrogen-bond donors (Lipinski definition) is 1.